The molecule has 0 spiro atoms. The van der Waals surface area contributed by atoms with E-state index in [0.717, 1.165) is 11.3 Å². The molecule has 0 radical (unpaired) electrons. The Morgan fingerprint density at radius 3 is 2.12 bits per heavy atom. The largest absolute Gasteiger partial charge is 0.391 e. The van der Waals surface area contributed by atoms with Gasteiger partial charge in [0.2, 0.25) is 0 Å². The first kappa shape index (κ1) is 17.8. The van der Waals surface area contributed by atoms with E-state index in [0.29, 0.717) is 0 Å². The molecule has 0 saturated heterocycles. The third kappa shape index (κ3) is 4.97. The molecule has 3 heteroatoms. The fourth-order valence-electron chi connectivity index (χ4n) is 2.07. The smallest absolute Gasteiger partial charge is 0.303 e. The van der Waals surface area contributed by atoms with Crippen LogP contribution in [0.4, 0.5) is 5.69 Å². The van der Waals surface area contributed by atoms with E-state index in [9.17, 15) is 9.90 Å². The van der Waals surface area contributed by atoms with Crippen LogP contribution in [-0.4, -0.2) is 23.7 Å². The van der Waals surface area contributed by atoms with Crippen LogP contribution in [-0.2, 0) is 4.79 Å². The maximum absolute atomic E-state index is 12.6. The van der Waals surface area contributed by atoms with Gasteiger partial charge in [0, 0.05) is 17.2 Å². The molecule has 1 amide bonds. The molecule has 0 aromatic heterocycles. The van der Waals surface area contributed by atoms with E-state index >= 15 is 0 Å². The molecule has 0 fully saturated rings. The summed E-state index contributed by atoms with van der Waals surface area (Å²) in [4.78, 5) is 14.2. The van der Waals surface area contributed by atoms with Crippen LogP contribution in [0.1, 0.15) is 26.3 Å². The van der Waals surface area contributed by atoms with Crippen LogP contribution in [0.25, 0.3) is 0 Å². The van der Waals surface area contributed by atoms with Crippen LogP contribution in [0, 0.1) is 17.3 Å². The van der Waals surface area contributed by atoms with Crippen molar-refractivity contribution >= 4 is 11.6 Å². The number of amides is 1. The normalized spacial score (nSPS) is 12.0. The molecule has 2 aromatic carbocycles. The summed E-state index contributed by atoms with van der Waals surface area (Å²) in [6.45, 7) is 6.04. The molecule has 0 bridgehead atoms. The van der Waals surface area contributed by atoms with Crippen molar-refractivity contribution in [2.45, 2.75) is 26.9 Å². The van der Waals surface area contributed by atoms with E-state index in [1.807, 2.05) is 81.4 Å². The summed E-state index contributed by atoms with van der Waals surface area (Å²) in [6.07, 6.45) is -0.653. The molecule has 24 heavy (non-hydrogen) atoms. The van der Waals surface area contributed by atoms with Crippen LogP contribution < -0.4 is 4.90 Å². The molecule has 2 rings (SSSR count). The van der Waals surface area contributed by atoms with Crippen LogP contribution in [0.3, 0.4) is 0 Å². The number of hydrogen-bond donors (Lipinski definition) is 1. The maximum Gasteiger partial charge on any atom is 0.303 e. The Morgan fingerprint density at radius 1 is 1.04 bits per heavy atom. The molecule has 0 saturated carbocycles. The van der Waals surface area contributed by atoms with Gasteiger partial charge in [0.1, 0.15) is 0 Å². The lowest BCUT2D eigenvalue weighted by Gasteiger charge is -2.31. The van der Waals surface area contributed by atoms with Crippen molar-refractivity contribution < 1.29 is 9.90 Å². The van der Waals surface area contributed by atoms with Crippen molar-refractivity contribution in [3.8, 4) is 11.8 Å². The minimum Gasteiger partial charge on any atom is -0.391 e. The first-order valence-corrected chi connectivity index (χ1v) is 7.99. The Hall–Kier alpha value is -2.57. The van der Waals surface area contributed by atoms with Gasteiger partial charge in [-0.05, 0) is 29.7 Å². The standard InChI is InChI=1S/C21H23NO2/c1-21(2,3)19(23)16-22(18-12-8-5-9-13-18)20(24)15-14-17-10-6-4-7-11-17/h4-13,19,23H,16H2,1-3H3. The van der Waals surface area contributed by atoms with Crippen molar-refractivity contribution in [2.24, 2.45) is 5.41 Å². The highest BCUT2D eigenvalue weighted by atomic mass is 16.3. The maximum atomic E-state index is 12.6. The quantitative estimate of drug-likeness (QED) is 0.879. The summed E-state index contributed by atoms with van der Waals surface area (Å²) in [5.41, 5.74) is 1.20. The number of hydrogen-bond acceptors (Lipinski definition) is 2. The monoisotopic (exact) mass is 321 g/mol. The third-order valence-electron chi connectivity index (χ3n) is 3.76. The molecule has 0 aliphatic rings. The van der Waals surface area contributed by atoms with Crippen LogP contribution >= 0.6 is 0 Å². The summed E-state index contributed by atoms with van der Waals surface area (Å²) in [5, 5.41) is 10.4. The molecule has 1 atom stereocenters. The van der Waals surface area contributed by atoms with Gasteiger partial charge in [-0.15, -0.1) is 0 Å². The lowest BCUT2D eigenvalue weighted by atomic mass is 9.89. The molecular weight excluding hydrogens is 298 g/mol. The molecule has 0 aliphatic carbocycles. The summed E-state index contributed by atoms with van der Waals surface area (Å²) < 4.78 is 0. The van der Waals surface area contributed by atoms with E-state index in [1.165, 1.54) is 4.90 Å². The zero-order chi connectivity index (χ0) is 17.6. The molecule has 2 aromatic rings. The number of para-hydroxylation sites is 1. The average molecular weight is 321 g/mol. The number of carbonyl (C=O) groups is 1. The van der Waals surface area contributed by atoms with Gasteiger partial charge in [-0.2, -0.15) is 0 Å². The van der Waals surface area contributed by atoms with E-state index in [4.69, 9.17) is 0 Å². The van der Waals surface area contributed by atoms with Crippen LogP contribution in [0.2, 0.25) is 0 Å². The zero-order valence-corrected chi connectivity index (χ0v) is 14.4. The van der Waals surface area contributed by atoms with Gasteiger partial charge in [-0.25, -0.2) is 0 Å². The lowest BCUT2D eigenvalue weighted by molar-refractivity contribution is -0.114. The Bertz CT molecular complexity index is 721. The van der Waals surface area contributed by atoms with Crippen LogP contribution in [0.5, 0.6) is 0 Å². The zero-order valence-electron chi connectivity index (χ0n) is 14.4. The minimum atomic E-state index is -0.653. The summed E-state index contributed by atoms with van der Waals surface area (Å²) >= 11 is 0. The topological polar surface area (TPSA) is 40.5 Å². The van der Waals surface area contributed by atoms with Gasteiger partial charge in [0.25, 0.3) is 0 Å². The van der Waals surface area contributed by atoms with E-state index in [2.05, 4.69) is 11.8 Å². The van der Waals surface area contributed by atoms with Crippen molar-refractivity contribution in [3.05, 3.63) is 66.2 Å². The van der Waals surface area contributed by atoms with E-state index < -0.39 is 6.10 Å². The number of benzene rings is 2. The number of carbonyl (C=O) groups excluding carboxylic acids is 1. The second-order valence-electron chi connectivity index (χ2n) is 6.75. The summed E-state index contributed by atoms with van der Waals surface area (Å²) in [6, 6.07) is 18.7. The van der Waals surface area contributed by atoms with Gasteiger partial charge in [0.05, 0.1) is 12.6 Å². The average Bonchev–Trinajstić information content (AvgIpc) is 2.58. The molecule has 1 N–H and O–H groups in total. The van der Waals surface area contributed by atoms with Gasteiger partial charge in [-0.3, -0.25) is 9.69 Å². The fraction of sp³-hybridized carbons (Fsp3) is 0.286. The second-order valence-corrected chi connectivity index (χ2v) is 6.75. The predicted octanol–water partition coefficient (Wildman–Crippen LogP) is 3.48. The number of aliphatic hydroxyl groups excluding tert-OH is 1. The number of anilines is 1. The lowest BCUT2D eigenvalue weighted by Crippen LogP contribution is -2.42. The van der Waals surface area contributed by atoms with Gasteiger partial charge < -0.3 is 5.11 Å². The Morgan fingerprint density at radius 2 is 1.58 bits per heavy atom. The highest BCUT2D eigenvalue weighted by Crippen LogP contribution is 2.22. The third-order valence-corrected chi connectivity index (χ3v) is 3.76. The highest BCUT2D eigenvalue weighted by molar-refractivity contribution is 6.06. The van der Waals surface area contributed by atoms with Crippen molar-refractivity contribution in [1.82, 2.24) is 0 Å². The number of nitrogens with zero attached hydrogens (tertiary/aromatic N) is 1. The van der Waals surface area contributed by atoms with Crippen molar-refractivity contribution in [1.29, 1.82) is 0 Å². The number of aliphatic hydroxyl groups is 1. The molecule has 0 heterocycles. The van der Waals surface area contributed by atoms with E-state index in [1.54, 1.807) is 0 Å². The molecule has 3 nitrogen and oxygen atoms in total. The first-order valence-electron chi connectivity index (χ1n) is 7.99. The van der Waals surface area contributed by atoms with Crippen LogP contribution in [0.15, 0.2) is 60.7 Å². The molecular formula is C21H23NO2. The minimum absolute atomic E-state index is 0.204. The highest BCUT2D eigenvalue weighted by Gasteiger charge is 2.27. The molecule has 124 valence electrons. The summed E-state index contributed by atoms with van der Waals surface area (Å²) in [5.74, 6) is 5.24. The predicted molar refractivity (Wildman–Crippen MR) is 97.6 cm³/mol. The summed E-state index contributed by atoms with van der Waals surface area (Å²) in [7, 11) is 0. The van der Waals surface area contributed by atoms with Gasteiger partial charge in [0.15, 0.2) is 0 Å². The second kappa shape index (κ2) is 7.81. The van der Waals surface area contributed by atoms with Gasteiger partial charge in [-0.1, -0.05) is 63.1 Å². The number of rotatable bonds is 3. The van der Waals surface area contributed by atoms with Gasteiger partial charge >= 0.3 is 5.91 Å². The Balaban J connectivity index is 2.26. The van der Waals surface area contributed by atoms with Crippen molar-refractivity contribution in [2.75, 3.05) is 11.4 Å². The van der Waals surface area contributed by atoms with Crippen molar-refractivity contribution in [3.63, 3.8) is 0 Å². The first-order chi connectivity index (χ1) is 11.4. The fourth-order valence-corrected chi connectivity index (χ4v) is 2.07. The van der Waals surface area contributed by atoms with E-state index in [-0.39, 0.29) is 17.9 Å². The Labute approximate surface area is 143 Å². The molecule has 0 aliphatic heterocycles. The Kier molecular flexibility index (Phi) is 5.78. The molecule has 1 unspecified atom stereocenters. The SMILES string of the molecule is CC(C)(C)C(O)CN(C(=O)C#Cc1ccccc1)c1ccccc1.